The number of nitrogens with two attached hydrogens (primary N) is 2. The van der Waals surface area contributed by atoms with Gasteiger partial charge in [-0.3, -0.25) is 0 Å². The summed E-state index contributed by atoms with van der Waals surface area (Å²) in [7, 11) is 0. The molecule has 0 saturated carbocycles. The maximum absolute atomic E-state index is 10.1. The molecule has 21 heavy (non-hydrogen) atoms. The predicted octanol–water partition coefficient (Wildman–Crippen LogP) is -1.54. The van der Waals surface area contributed by atoms with E-state index in [0.29, 0.717) is 11.0 Å². The van der Waals surface area contributed by atoms with Crippen LogP contribution in [-0.4, -0.2) is 49.6 Å². The maximum atomic E-state index is 10.1. The number of rotatable bonds is 2. The summed E-state index contributed by atoms with van der Waals surface area (Å²) < 4.78 is 7.02. The van der Waals surface area contributed by atoms with Gasteiger partial charge in [-0.05, 0) is 0 Å². The molecule has 9 heteroatoms. The molecule has 4 atom stereocenters. The number of anilines is 1. The summed E-state index contributed by atoms with van der Waals surface area (Å²) in [5.41, 5.74) is 11.9. The molecule has 0 aliphatic carbocycles. The number of aliphatic hydroxyl groups excluding tert-OH is 2. The largest absolute Gasteiger partial charge is 0.387 e. The normalized spacial score (nSPS) is 28.9. The van der Waals surface area contributed by atoms with Crippen LogP contribution >= 0.6 is 0 Å². The molecule has 0 bridgehead atoms. The van der Waals surface area contributed by atoms with Crippen molar-refractivity contribution in [2.24, 2.45) is 5.73 Å². The molecule has 9 nitrogen and oxygen atoms in total. The zero-order valence-electron chi connectivity index (χ0n) is 10.9. The van der Waals surface area contributed by atoms with Crippen molar-refractivity contribution in [2.75, 3.05) is 12.3 Å². The van der Waals surface area contributed by atoms with E-state index >= 15 is 0 Å². The van der Waals surface area contributed by atoms with Crippen molar-refractivity contribution in [2.45, 2.75) is 24.5 Å². The number of nitriles is 1. The summed E-state index contributed by atoms with van der Waals surface area (Å²) in [5.74, 6) is 0.165. The summed E-state index contributed by atoms with van der Waals surface area (Å²) >= 11 is 0. The van der Waals surface area contributed by atoms with Crippen LogP contribution in [0.5, 0.6) is 0 Å². The van der Waals surface area contributed by atoms with Crippen molar-refractivity contribution in [3.05, 3.63) is 18.1 Å². The average Bonchev–Trinajstić information content (AvgIpc) is 2.99. The van der Waals surface area contributed by atoms with Crippen LogP contribution in [0.25, 0.3) is 11.0 Å². The number of nitrogens with zero attached hydrogens (tertiary/aromatic N) is 4. The Balaban J connectivity index is 2.14. The van der Waals surface area contributed by atoms with Crippen LogP contribution in [0, 0.1) is 11.3 Å². The van der Waals surface area contributed by atoms with Gasteiger partial charge in [-0.2, -0.15) is 5.26 Å². The first kappa shape index (κ1) is 13.7. The van der Waals surface area contributed by atoms with Gasteiger partial charge in [0, 0.05) is 12.7 Å². The fourth-order valence-corrected chi connectivity index (χ4v) is 2.54. The van der Waals surface area contributed by atoms with Gasteiger partial charge in [0.1, 0.15) is 42.2 Å². The van der Waals surface area contributed by atoms with Gasteiger partial charge in [0.2, 0.25) is 0 Å². The lowest BCUT2D eigenvalue weighted by Gasteiger charge is -2.17. The van der Waals surface area contributed by atoms with Crippen LogP contribution in [0.3, 0.4) is 0 Å². The number of aromatic nitrogens is 3. The van der Waals surface area contributed by atoms with E-state index in [4.69, 9.17) is 16.2 Å². The molecule has 1 saturated heterocycles. The smallest absolute Gasteiger partial charge is 0.164 e. The molecule has 2 aromatic heterocycles. The molecular weight excluding hydrogens is 276 g/mol. The Labute approximate surface area is 119 Å². The summed E-state index contributed by atoms with van der Waals surface area (Å²) in [6.45, 7) is 0.0656. The Hall–Kier alpha value is -2.25. The summed E-state index contributed by atoms with van der Waals surface area (Å²) in [4.78, 5) is 7.93. The molecule has 6 N–H and O–H groups in total. The Kier molecular flexibility index (Phi) is 3.23. The Morgan fingerprint density at radius 3 is 2.76 bits per heavy atom. The van der Waals surface area contributed by atoms with Gasteiger partial charge in [-0.15, -0.1) is 0 Å². The minimum absolute atomic E-state index is 0.0656. The van der Waals surface area contributed by atoms with E-state index in [1.165, 1.54) is 17.1 Å². The van der Waals surface area contributed by atoms with E-state index in [9.17, 15) is 15.5 Å². The van der Waals surface area contributed by atoms with Gasteiger partial charge >= 0.3 is 0 Å². The Morgan fingerprint density at radius 1 is 1.38 bits per heavy atom. The van der Waals surface area contributed by atoms with Crippen molar-refractivity contribution in [3.63, 3.8) is 0 Å². The fourth-order valence-electron chi connectivity index (χ4n) is 2.54. The second-order valence-corrected chi connectivity index (χ2v) is 4.80. The molecular formula is C12H14N6O3. The average molecular weight is 290 g/mol. The second kappa shape index (κ2) is 4.94. The van der Waals surface area contributed by atoms with Crippen molar-refractivity contribution >= 4 is 16.9 Å². The minimum atomic E-state index is -1.18. The Morgan fingerprint density at radius 2 is 2.14 bits per heavy atom. The van der Waals surface area contributed by atoms with E-state index in [-0.39, 0.29) is 17.9 Å². The fraction of sp³-hybridized carbons (Fsp3) is 0.417. The highest BCUT2D eigenvalue weighted by Crippen LogP contribution is 2.33. The second-order valence-electron chi connectivity index (χ2n) is 4.80. The molecule has 0 spiro atoms. The van der Waals surface area contributed by atoms with Crippen LogP contribution in [0.15, 0.2) is 12.5 Å². The molecule has 0 aromatic carbocycles. The number of aliphatic hydroxyl groups is 2. The highest BCUT2D eigenvalue weighted by atomic mass is 16.6. The summed E-state index contributed by atoms with van der Waals surface area (Å²) in [6.07, 6.45) is -1.15. The first-order valence-electron chi connectivity index (χ1n) is 6.31. The van der Waals surface area contributed by atoms with E-state index < -0.39 is 24.5 Å². The molecule has 0 amide bonds. The topological polar surface area (TPSA) is 156 Å². The van der Waals surface area contributed by atoms with Crippen LogP contribution in [-0.2, 0) is 4.74 Å². The van der Waals surface area contributed by atoms with Crippen LogP contribution < -0.4 is 11.5 Å². The molecule has 0 radical (unpaired) electrons. The number of hydrogen-bond acceptors (Lipinski definition) is 8. The lowest BCUT2D eigenvalue weighted by Crippen LogP contribution is -2.35. The minimum Gasteiger partial charge on any atom is -0.387 e. The van der Waals surface area contributed by atoms with Gasteiger partial charge in [0.05, 0.1) is 10.9 Å². The van der Waals surface area contributed by atoms with E-state index in [1.807, 2.05) is 6.07 Å². The van der Waals surface area contributed by atoms with Gasteiger partial charge in [0.25, 0.3) is 0 Å². The summed E-state index contributed by atoms with van der Waals surface area (Å²) in [5, 5.41) is 29.6. The molecule has 1 aliphatic rings. The standard InChI is InChI=1S/C12H14N6O3/c13-1-5-3-18(11-7(5)10(15)16-4-17-11)12-9(20)8(19)6(2-14)21-12/h3-4,6,8-9,12,19-20H,2,14H2,(H2,15,16,17)/t6-,8-,9-,12-/m1/s1. The van der Waals surface area contributed by atoms with E-state index in [2.05, 4.69) is 9.97 Å². The molecule has 0 unspecified atom stereocenters. The summed E-state index contributed by atoms with van der Waals surface area (Å²) in [6, 6.07) is 2.00. The van der Waals surface area contributed by atoms with Crippen LogP contribution in [0.1, 0.15) is 11.8 Å². The van der Waals surface area contributed by atoms with Gasteiger partial charge in [-0.25, -0.2) is 9.97 Å². The third kappa shape index (κ3) is 1.93. The first-order valence-corrected chi connectivity index (χ1v) is 6.31. The number of fused-ring (bicyclic) bond motifs is 1. The lowest BCUT2D eigenvalue weighted by molar-refractivity contribution is -0.0318. The van der Waals surface area contributed by atoms with Crippen LogP contribution in [0.4, 0.5) is 5.82 Å². The number of nitrogen functional groups attached to an aromatic ring is 1. The predicted molar refractivity (Wildman–Crippen MR) is 71.6 cm³/mol. The zero-order chi connectivity index (χ0) is 15.1. The Bertz CT molecular complexity index is 724. The number of ether oxygens (including phenoxy) is 1. The number of hydrogen-bond donors (Lipinski definition) is 4. The van der Waals surface area contributed by atoms with Crippen LogP contribution in [0.2, 0.25) is 0 Å². The SMILES string of the molecule is N#Cc1cn([C@@H]2O[C@H](CN)[C@@H](O)[C@H]2O)c2ncnc(N)c12. The van der Waals surface area contributed by atoms with Gasteiger partial charge < -0.3 is 31.0 Å². The molecule has 110 valence electrons. The lowest BCUT2D eigenvalue weighted by atomic mass is 10.1. The van der Waals surface area contributed by atoms with E-state index in [0.717, 1.165) is 0 Å². The monoisotopic (exact) mass is 290 g/mol. The molecule has 1 fully saturated rings. The van der Waals surface area contributed by atoms with Crippen molar-refractivity contribution in [3.8, 4) is 6.07 Å². The molecule has 2 aromatic rings. The quantitative estimate of drug-likeness (QED) is 0.518. The maximum Gasteiger partial charge on any atom is 0.164 e. The zero-order valence-corrected chi connectivity index (χ0v) is 10.9. The third-order valence-electron chi connectivity index (χ3n) is 3.60. The van der Waals surface area contributed by atoms with Crippen molar-refractivity contribution in [1.82, 2.24) is 14.5 Å². The van der Waals surface area contributed by atoms with Crippen molar-refractivity contribution in [1.29, 1.82) is 5.26 Å². The highest BCUT2D eigenvalue weighted by molar-refractivity contribution is 5.91. The first-order chi connectivity index (χ1) is 10.1. The van der Waals surface area contributed by atoms with Gasteiger partial charge in [0.15, 0.2) is 6.23 Å². The highest BCUT2D eigenvalue weighted by Gasteiger charge is 2.43. The molecule has 3 heterocycles. The van der Waals surface area contributed by atoms with Gasteiger partial charge in [-0.1, -0.05) is 0 Å². The molecule has 1 aliphatic heterocycles. The van der Waals surface area contributed by atoms with E-state index in [1.54, 1.807) is 0 Å². The molecule has 3 rings (SSSR count). The third-order valence-corrected chi connectivity index (χ3v) is 3.60. The van der Waals surface area contributed by atoms with Crippen molar-refractivity contribution < 1.29 is 14.9 Å².